The van der Waals surface area contributed by atoms with Crippen LogP contribution in [-0.4, -0.2) is 6.09 Å². The first-order valence-electron chi connectivity index (χ1n) is 5.77. The van der Waals surface area contributed by atoms with Crippen LogP contribution < -0.4 is 10.1 Å². The highest BCUT2D eigenvalue weighted by Gasteiger charge is 2.31. The third-order valence-corrected chi connectivity index (χ3v) is 2.78. The van der Waals surface area contributed by atoms with E-state index in [0.29, 0.717) is 11.8 Å². The van der Waals surface area contributed by atoms with Gasteiger partial charge in [0.2, 0.25) is 0 Å². The van der Waals surface area contributed by atoms with E-state index in [2.05, 4.69) is 5.32 Å². The topological polar surface area (TPSA) is 38.3 Å². The van der Waals surface area contributed by atoms with Crippen molar-refractivity contribution in [3.63, 3.8) is 0 Å². The van der Waals surface area contributed by atoms with E-state index in [1.807, 2.05) is 0 Å². The predicted molar refractivity (Wildman–Crippen MR) is 72.5 cm³/mol. The molecule has 7 heteroatoms. The number of hydrogen-bond donors (Lipinski definition) is 1. The van der Waals surface area contributed by atoms with Gasteiger partial charge in [-0.3, -0.25) is 5.32 Å². The fourth-order valence-corrected chi connectivity index (χ4v) is 1.74. The van der Waals surface area contributed by atoms with Crippen LogP contribution in [0.3, 0.4) is 0 Å². The van der Waals surface area contributed by atoms with E-state index in [1.54, 1.807) is 30.3 Å². The van der Waals surface area contributed by atoms with Crippen molar-refractivity contribution < 1.29 is 22.7 Å². The molecule has 0 radical (unpaired) electrons. The van der Waals surface area contributed by atoms with Crippen molar-refractivity contribution in [3.05, 3.63) is 59.1 Å². The monoisotopic (exact) mass is 315 g/mol. The number of hydrogen-bond acceptors (Lipinski definition) is 2. The number of para-hydroxylation sites is 1. The molecule has 2 aromatic carbocycles. The summed E-state index contributed by atoms with van der Waals surface area (Å²) in [7, 11) is 0. The third-order valence-electron chi connectivity index (χ3n) is 2.48. The molecule has 2 rings (SSSR count). The second-order valence-corrected chi connectivity index (χ2v) is 4.43. The van der Waals surface area contributed by atoms with Crippen LogP contribution in [0.2, 0.25) is 5.02 Å². The zero-order valence-electron chi connectivity index (χ0n) is 10.4. The van der Waals surface area contributed by atoms with Gasteiger partial charge in [0.1, 0.15) is 0 Å². The lowest BCUT2D eigenvalue weighted by Gasteiger charge is -2.10. The number of nitrogens with one attached hydrogen (secondary N) is 1. The van der Waals surface area contributed by atoms with Gasteiger partial charge < -0.3 is 4.74 Å². The quantitative estimate of drug-likeness (QED) is 0.849. The van der Waals surface area contributed by atoms with Gasteiger partial charge >= 0.3 is 12.3 Å². The summed E-state index contributed by atoms with van der Waals surface area (Å²) in [5.41, 5.74) is -0.422. The van der Waals surface area contributed by atoms with Gasteiger partial charge in [-0.15, -0.1) is 0 Å². The van der Waals surface area contributed by atoms with E-state index in [0.717, 1.165) is 12.1 Å². The second kappa shape index (κ2) is 6.05. The van der Waals surface area contributed by atoms with Crippen molar-refractivity contribution in [2.24, 2.45) is 0 Å². The third kappa shape index (κ3) is 4.13. The average molecular weight is 316 g/mol. The SMILES string of the molecule is O=C(Nc1ccccc1)Oc1ccc(C(F)(F)F)cc1Cl. The Labute approximate surface area is 123 Å². The van der Waals surface area contributed by atoms with Gasteiger partial charge in [0.25, 0.3) is 0 Å². The molecular weight excluding hydrogens is 307 g/mol. The standard InChI is InChI=1S/C14H9ClF3NO2/c15-11-8-9(14(16,17)18)6-7-12(11)21-13(20)19-10-4-2-1-3-5-10/h1-8H,(H,19,20). The van der Waals surface area contributed by atoms with Crippen LogP contribution in [0.4, 0.5) is 23.7 Å². The van der Waals surface area contributed by atoms with Crippen LogP contribution in [0.25, 0.3) is 0 Å². The Bertz CT molecular complexity index is 644. The zero-order chi connectivity index (χ0) is 15.5. The second-order valence-electron chi connectivity index (χ2n) is 4.02. The maximum Gasteiger partial charge on any atom is 0.417 e. The Morgan fingerprint density at radius 1 is 1.10 bits per heavy atom. The van der Waals surface area contributed by atoms with Crippen LogP contribution >= 0.6 is 11.6 Å². The summed E-state index contributed by atoms with van der Waals surface area (Å²) in [5.74, 6) is -0.155. The van der Waals surface area contributed by atoms with Crippen molar-refractivity contribution in [1.29, 1.82) is 0 Å². The Morgan fingerprint density at radius 2 is 1.76 bits per heavy atom. The Morgan fingerprint density at radius 3 is 2.33 bits per heavy atom. The molecule has 0 aliphatic heterocycles. The van der Waals surface area contributed by atoms with Crippen molar-refractivity contribution in [3.8, 4) is 5.75 Å². The molecule has 0 bridgehead atoms. The summed E-state index contributed by atoms with van der Waals surface area (Å²) in [6.07, 6.45) is -5.35. The Balaban J connectivity index is 2.08. The first-order chi connectivity index (χ1) is 9.86. The molecule has 0 saturated heterocycles. The molecule has 21 heavy (non-hydrogen) atoms. The van der Waals surface area contributed by atoms with Gasteiger partial charge in [-0.1, -0.05) is 29.8 Å². The highest BCUT2D eigenvalue weighted by Crippen LogP contribution is 2.34. The molecule has 3 nitrogen and oxygen atoms in total. The maximum absolute atomic E-state index is 12.5. The fourth-order valence-electron chi connectivity index (χ4n) is 1.52. The molecule has 0 atom stereocenters. The lowest BCUT2D eigenvalue weighted by Crippen LogP contribution is -2.17. The number of alkyl halides is 3. The van der Waals surface area contributed by atoms with Crippen LogP contribution in [-0.2, 0) is 6.18 Å². The van der Waals surface area contributed by atoms with E-state index in [4.69, 9.17) is 16.3 Å². The molecular formula is C14H9ClF3NO2. The number of carbonyl (C=O) groups excluding carboxylic acids is 1. The van der Waals surface area contributed by atoms with E-state index in [-0.39, 0.29) is 10.8 Å². The molecule has 0 spiro atoms. The van der Waals surface area contributed by atoms with E-state index < -0.39 is 17.8 Å². The lowest BCUT2D eigenvalue weighted by atomic mass is 10.2. The highest BCUT2D eigenvalue weighted by atomic mass is 35.5. The van der Waals surface area contributed by atoms with Crippen molar-refractivity contribution in [1.82, 2.24) is 0 Å². The number of amides is 1. The molecule has 0 aliphatic rings. The molecule has 0 fully saturated rings. The van der Waals surface area contributed by atoms with Crippen molar-refractivity contribution in [2.45, 2.75) is 6.18 Å². The molecule has 0 saturated carbocycles. The first kappa shape index (κ1) is 15.2. The van der Waals surface area contributed by atoms with Crippen LogP contribution in [0.5, 0.6) is 5.75 Å². The van der Waals surface area contributed by atoms with Gasteiger partial charge in [-0.2, -0.15) is 13.2 Å². The van der Waals surface area contributed by atoms with Gasteiger partial charge in [0.15, 0.2) is 5.75 Å². The van der Waals surface area contributed by atoms with Crippen molar-refractivity contribution >= 4 is 23.4 Å². The molecule has 0 aliphatic carbocycles. The largest absolute Gasteiger partial charge is 0.417 e. The Kier molecular flexibility index (Phi) is 4.37. The molecule has 0 heterocycles. The highest BCUT2D eigenvalue weighted by molar-refractivity contribution is 6.32. The van der Waals surface area contributed by atoms with Gasteiger partial charge in [-0.05, 0) is 30.3 Å². The summed E-state index contributed by atoms with van der Waals surface area (Å²) < 4.78 is 42.3. The summed E-state index contributed by atoms with van der Waals surface area (Å²) >= 11 is 5.68. The summed E-state index contributed by atoms with van der Waals surface area (Å²) in [5, 5.41) is 2.12. The van der Waals surface area contributed by atoms with Crippen LogP contribution in [0.15, 0.2) is 48.5 Å². The number of ether oxygens (including phenoxy) is 1. The predicted octanol–water partition coefficient (Wildman–Crippen LogP) is 4.97. The number of anilines is 1. The molecule has 0 aromatic heterocycles. The number of rotatable bonds is 2. The van der Waals surface area contributed by atoms with Crippen LogP contribution in [0.1, 0.15) is 5.56 Å². The summed E-state index contributed by atoms with van der Waals surface area (Å²) in [4.78, 5) is 11.6. The van der Waals surface area contributed by atoms with Gasteiger partial charge in [-0.25, -0.2) is 4.79 Å². The summed E-state index contributed by atoms with van der Waals surface area (Å²) in [6.45, 7) is 0. The zero-order valence-corrected chi connectivity index (χ0v) is 11.2. The number of benzene rings is 2. The van der Waals surface area contributed by atoms with Crippen LogP contribution in [0, 0.1) is 0 Å². The van der Waals surface area contributed by atoms with E-state index >= 15 is 0 Å². The molecule has 1 amide bonds. The maximum atomic E-state index is 12.5. The molecule has 110 valence electrons. The summed E-state index contributed by atoms with van der Waals surface area (Å²) in [6, 6.07) is 10.9. The fraction of sp³-hybridized carbons (Fsp3) is 0.0714. The lowest BCUT2D eigenvalue weighted by molar-refractivity contribution is -0.137. The minimum absolute atomic E-state index is 0.155. The van der Waals surface area contributed by atoms with E-state index in [1.165, 1.54) is 0 Å². The normalized spacial score (nSPS) is 11.0. The first-order valence-corrected chi connectivity index (χ1v) is 6.14. The molecule has 0 unspecified atom stereocenters. The molecule has 2 aromatic rings. The number of carbonyl (C=O) groups is 1. The molecule has 1 N–H and O–H groups in total. The minimum Gasteiger partial charge on any atom is -0.409 e. The Hall–Kier alpha value is -2.21. The smallest absolute Gasteiger partial charge is 0.409 e. The number of halogens is 4. The minimum atomic E-state index is -4.51. The van der Waals surface area contributed by atoms with Crippen molar-refractivity contribution in [2.75, 3.05) is 5.32 Å². The van der Waals surface area contributed by atoms with Gasteiger partial charge in [0, 0.05) is 5.69 Å². The van der Waals surface area contributed by atoms with E-state index in [9.17, 15) is 18.0 Å². The van der Waals surface area contributed by atoms with Gasteiger partial charge in [0.05, 0.1) is 10.6 Å². The average Bonchev–Trinajstić information content (AvgIpc) is 2.41.